The third-order valence-corrected chi connectivity index (χ3v) is 6.60. The zero-order chi connectivity index (χ0) is 22.8. The zero-order valence-electron chi connectivity index (χ0n) is 20.3. The molecule has 0 atom stereocenters. The van der Waals surface area contributed by atoms with Crippen LogP contribution in [0.5, 0.6) is 0 Å². The Morgan fingerprint density at radius 1 is 1.00 bits per heavy atom. The second kappa shape index (κ2) is 12.7. The van der Waals surface area contributed by atoms with Crippen molar-refractivity contribution in [3.8, 4) is 0 Å². The van der Waals surface area contributed by atoms with E-state index in [9.17, 15) is 4.79 Å². The van der Waals surface area contributed by atoms with Crippen LogP contribution in [0.3, 0.4) is 0 Å². The van der Waals surface area contributed by atoms with Crippen LogP contribution in [0.2, 0.25) is 0 Å². The second-order valence-electron chi connectivity index (χ2n) is 8.92. The molecule has 1 saturated heterocycles. The fourth-order valence-corrected chi connectivity index (χ4v) is 4.67. The Bertz CT molecular complexity index is 775. The lowest BCUT2D eigenvalue weighted by atomic mass is 9.94. The van der Waals surface area contributed by atoms with E-state index in [-0.39, 0.29) is 11.9 Å². The van der Waals surface area contributed by atoms with Crippen LogP contribution < -0.4 is 4.90 Å². The number of nitrogens with zero attached hydrogens (tertiary/aromatic N) is 3. The van der Waals surface area contributed by atoms with E-state index in [0.717, 1.165) is 44.5 Å². The fourth-order valence-electron chi connectivity index (χ4n) is 4.67. The van der Waals surface area contributed by atoms with Crippen LogP contribution in [0.15, 0.2) is 35.0 Å². The van der Waals surface area contributed by atoms with Crippen LogP contribution in [0.25, 0.3) is 6.08 Å². The summed E-state index contributed by atoms with van der Waals surface area (Å²) in [5, 5.41) is 0. The average molecular weight is 440 g/mol. The van der Waals surface area contributed by atoms with Gasteiger partial charge in [-0.25, -0.2) is 4.99 Å². The summed E-state index contributed by atoms with van der Waals surface area (Å²) < 4.78 is 6.07. The lowest BCUT2D eigenvalue weighted by Gasteiger charge is -2.28. The van der Waals surface area contributed by atoms with Gasteiger partial charge in [-0.15, -0.1) is 0 Å². The van der Waals surface area contributed by atoms with E-state index in [1.54, 1.807) is 0 Å². The monoisotopic (exact) mass is 439 g/mol. The molecule has 1 aromatic carbocycles. The minimum atomic E-state index is -0.0329. The fraction of sp³-hybridized carbons (Fsp3) is 0.630. The number of benzene rings is 1. The number of amides is 1. The number of unbranched alkanes of at least 4 members (excludes halogenated alkanes) is 4. The maximum absolute atomic E-state index is 13.3. The van der Waals surface area contributed by atoms with Gasteiger partial charge < -0.3 is 9.64 Å². The first kappa shape index (κ1) is 24.3. The van der Waals surface area contributed by atoms with E-state index in [1.807, 2.05) is 11.0 Å². The molecule has 1 aliphatic carbocycles. The highest BCUT2D eigenvalue weighted by atomic mass is 16.5. The molecule has 3 rings (SSSR count). The molecule has 2 fully saturated rings. The van der Waals surface area contributed by atoms with Crippen molar-refractivity contribution in [2.75, 3.05) is 24.5 Å². The molecular weight excluding hydrogens is 398 g/mol. The summed E-state index contributed by atoms with van der Waals surface area (Å²) in [5.74, 6) is 0.366. The highest BCUT2D eigenvalue weighted by molar-refractivity contribution is 6.11. The first-order valence-corrected chi connectivity index (χ1v) is 12.8. The minimum Gasteiger partial charge on any atom is -0.420 e. The molecule has 1 aromatic rings. The van der Waals surface area contributed by atoms with Crippen molar-refractivity contribution in [3.05, 3.63) is 35.6 Å². The molecule has 1 saturated carbocycles. The maximum Gasteiger partial charge on any atom is 0.300 e. The SMILES string of the molecule is CCCCCCCN=C1O/C(=C/c2ccc(N(CC)CC)cc2)C(=O)N1C1CCCCC1. The number of amidine groups is 1. The zero-order valence-corrected chi connectivity index (χ0v) is 20.3. The normalized spacial score (nSPS) is 19.7. The summed E-state index contributed by atoms with van der Waals surface area (Å²) in [7, 11) is 0. The Labute approximate surface area is 194 Å². The molecular formula is C27H41N3O2. The molecule has 32 heavy (non-hydrogen) atoms. The molecule has 176 valence electrons. The van der Waals surface area contributed by atoms with Crippen LogP contribution >= 0.6 is 0 Å². The van der Waals surface area contributed by atoms with E-state index < -0.39 is 0 Å². The van der Waals surface area contributed by atoms with Gasteiger partial charge in [0.15, 0.2) is 5.76 Å². The van der Waals surface area contributed by atoms with Crippen LogP contribution in [0.1, 0.15) is 90.5 Å². The average Bonchev–Trinajstić information content (AvgIpc) is 3.13. The molecule has 0 unspecified atom stereocenters. The predicted octanol–water partition coefficient (Wildman–Crippen LogP) is 6.39. The van der Waals surface area contributed by atoms with Crippen LogP contribution in [-0.4, -0.2) is 42.5 Å². The van der Waals surface area contributed by atoms with Gasteiger partial charge in [-0.05, 0) is 56.9 Å². The molecule has 1 amide bonds. The lowest BCUT2D eigenvalue weighted by Crippen LogP contribution is -2.41. The predicted molar refractivity (Wildman–Crippen MR) is 134 cm³/mol. The first-order chi connectivity index (χ1) is 15.7. The molecule has 1 aliphatic heterocycles. The van der Waals surface area contributed by atoms with E-state index in [4.69, 9.17) is 9.73 Å². The van der Waals surface area contributed by atoms with Crippen molar-refractivity contribution in [2.24, 2.45) is 4.99 Å². The molecule has 0 radical (unpaired) electrons. The van der Waals surface area contributed by atoms with E-state index >= 15 is 0 Å². The van der Waals surface area contributed by atoms with Gasteiger partial charge in [-0.1, -0.05) is 64.0 Å². The van der Waals surface area contributed by atoms with Crippen molar-refractivity contribution in [1.82, 2.24) is 4.90 Å². The maximum atomic E-state index is 13.3. The van der Waals surface area contributed by atoms with Crippen molar-refractivity contribution < 1.29 is 9.53 Å². The Morgan fingerprint density at radius 3 is 2.34 bits per heavy atom. The van der Waals surface area contributed by atoms with Crippen LogP contribution in [0, 0.1) is 0 Å². The Hall–Kier alpha value is -2.30. The summed E-state index contributed by atoms with van der Waals surface area (Å²) in [4.78, 5) is 22.2. The van der Waals surface area contributed by atoms with Gasteiger partial charge in [0.1, 0.15) is 0 Å². The molecule has 0 spiro atoms. The molecule has 5 heteroatoms. The molecule has 0 aromatic heterocycles. The number of rotatable bonds is 11. The van der Waals surface area contributed by atoms with Gasteiger partial charge >= 0.3 is 6.02 Å². The summed E-state index contributed by atoms with van der Waals surface area (Å²) in [6.07, 6.45) is 13.5. The third-order valence-electron chi connectivity index (χ3n) is 6.60. The molecule has 2 aliphatic rings. The van der Waals surface area contributed by atoms with Crippen molar-refractivity contribution >= 4 is 23.7 Å². The summed E-state index contributed by atoms with van der Waals surface area (Å²) in [5.41, 5.74) is 2.18. The molecule has 1 heterocycles. The van der Waals surface area contributed by atoms with Crippen LogP contribution in [0.4, 0.5) is 5.69 Å². The van der Waals surface area contributed by atoms with Gasteiger partial charge in [0, 0.05) is 31.4 Å². The van der Waals surface area contributed by atoms with Crippen molar-refractivity contribution in [3.63, 3.8) is 0 Å². The largest absolute Gasteiger partial charge is 0.420 e. The number of aliphatic imine (C=N–C) groups is 1. The van der Waals surface area contributed by atoms with Gasteiger partial charge in [-0.2, -0.15) is 0 Å². The van der Waals surface area contributed by atoms with Gasteiger partial charge in [-0.3, -0.25) is 9.69 Å². The number of carbonyl (C=O) groups excluding carboxylic acids is 1. The number of ether oxygens (including phenoxy) is 1. The molecule has 5 nitrogen and oxygen atoms in total. The standard InChI is InChI=1S/C27H41N3O2/c1-4-7-8-9-13-20-28-27-30(24-14-11-10-12-15-24)26(31)25(32-27)21-22-16-18-23(19-17-22)29(5-2)6-3/h16-19,21,24H,4-15,20H2,1-3H3/b25-21+,28-27?. The van der Waals surface area contributed by atoms with E-state index in [1.165, 1.54) is 50.6 Å². The summed E-state index contributed by atoms with van der Waals surface area (Å²) in [6.45, 7) is 9.23. The lowest BCUT2D eigenvalue weighted by molar-refractivity contribution is -0.124. The third kappa shape index (κ3) is 6.36. The number of anilines is 1. The Morgan fingerprint density at radius 2 is 1.69 bits per heavy atom. The van der Waals surface area contributed by atoms with E-state index in [2.05, 4.69) is 49.9 Å². The molecule has 0 N–H and O–H groups in total. The highest BCUT2D eigenvalue weighted by Gasteiger charge is 2.39. The van der Waals surface area contributed by atoms with Crippen molar-refractivity contribution in [1.29, 1.82) is 0 Å². The van der Waals surface area contributed by atoms with Crippen molar-refractivity contribution in [2.45, 2.75) is 91.0 Å². The van der Waals surface area contributed by atoms with E-state index in [0.29, 0.717) is 11.8 Å². The second-order valence-corrected chi connectivity index (χ2v) is 8.92. The first-order valence-electron chi connectivity index (χ1n) is 12.8. The number of hydrogen-bond acceptors (Lipinski definition) is 4. The number of hydrogen-bond donors (Lipinski definition) is 0. The van der Waals surface area contributed by atoms with Gasteiger partial charge in [0.05, 0.1) is 0 Å². The smallest absolute Gasteiger partial charge is 0.300 e. The molecule has 0 bridgehead atoms. The minimum absolute atomic E-state index is 0.0329. The quantitative estimate of drug-likeness (QED) is 0.296. The number of carbonyl (C=O) groups is 1. The highest BCUT2D eigenvalue weighted by Crippen LogP contribution is 2.30. The van der Waals surface area contributed by atoms with Crippen LogP contribution in [-0.2, 0) is 9.53 Å². The topological polar surface area (TPSA) is 45.1 Å². The van der Waals surface area contributed by atoms with Gasteiger partial charge in [0.2, 0.25) is 0 Å². The summed E-state index contributed by atoms with van der Waals surface area (Å²) in [6, 6.07) is 9.08. The van der Waals surface area contributed by atoms with Gasteiger partial charge in [0.25, 0.3) is 5.91 Å². The summed E-state index contributed by atoms with van der Waals surface area (Å²) >= 11 is 0. The Kier molecular flexibility index (Phi) is 9.63. The Balaban J connectivity index is 1.74.